The Labute approximate surface area is 124 Å². The molecule has 1 aromatic rings. The number of ether oxygens (including phenoxy) is 2. The zero-order valence-electron chi connectivity index (χ0n) is 12.3. The Bertz CT molecular complexity index is 474. The maximum absolute atomic E-state index is 12.1. The van der Waals surface area contributed by atoms with Gasteiger partial charge in [-0.2, -0.15) is 0 Å². The lowest BCUT2D eigenvalue weighted by atomic mass is 10.1. The molecular weight excluding hydrogens is 270 g/mol. The minimum atomic E-state index is -0.300. The maximum Gasteiger partial charge on any atom is 0.410 e. The van der Waals surface area contributed by atoms with Gasteiger partial charge in [0, 0.05) is 19.0 Å². The summed E-state index contributed by atoms with van der Waals surface area (Å²) in [5, 5.41) is 0. The van der Waals surface area contributed by atoms with Gasteiger partial charge in [0.15, 0.2) is 0 Å². The van der Waals surface area contributed by atoms with Crippen molar-refractivity contribution in [1.29, 1.82) is 0 Å². The summed E-state index contributed by atoms with van der Waals surface area (Å²) in [5.41, 5.74) is 0.969. The second kappa shape index (κ2) is 7.67. The molecule has 1 saturated heterocycles. The van der Waals surface area contributed by atoms with Gasteiger partial charge in [-0.15, -0.1) is 0 Å². The topological polar surface area (TPSA) is 55.8 Å². The van der Waals surface area contributed by atoms with E-state index in [1.165, 1.54) is 7.11 Å². The first-order chi connectivity index (χ1) is 10.2. The maximum atomic E-state index is 12.1. The third-order valence-corrected chi connectivity index (χ3v) is 3.73. The summed E-state index contributed by atoms with van der Waals surface area (Å²) in [6.07, 6.45) is 2.53. The van der Waals surface area contributed by atoms with Crippen LogP contribution in [-0.2, 0) is 20.9 Å². The number of benzene rings is 1. The van der Waals surface area contributed by atoms with E-state index in [9.17, 15) is 9.59 Å². The zero-order chi connectivity index (χ0) is 15.1. The molecule has 0 aromatic heterocycles. The predicted octanol–water partition coefficient (Wildman–Crippen LogP) is 2.74. The average Bonchev–Trinajstić information content (AvgIpc) is 2.99. The lowest BCUT2D eigenvalue weighted by Crippen LogP contribution is -2.36. The van der Waals surface area contributed by atoms with E-state index < -0.39 is 0 Å². The molecule has 2 rings (SSSR count). The highest BCUT2D eigenvalue weighted by molar-refractivity contribution is 5.70. The largest absolute Gasteiger partial charge is 0.469 e. The van der Waals surface area contributed by atoms with Crippen LogP contribution in [0.25, 0.3) is 0 Å². The van der Waals surface area contributed by atoms with Crippen LogP contribution in [0.1, 0.15) is 31.2 Å². The van der Waals surface area contributed by atoms with Crippen molar-refractivity contribution in [3.63, 3.8) is 0 Å². The fourth-order valence-electron chi connectivity index (χ4n) is 2.56. The Morgan fingerprint density at radius 2 is 2.05 bits per heavy atom. The summed E-state index contributed by atoms with van der Waals surface area (Å²) in [5.74, 6) is -0.237. The summed E-state index contributed by atoms with van der Waals surface area (Å²) in [6, 6.07) is 9.68. The summed E-state index contributed by atoms with van der Waals surface area (Å²) in [4.78, 5) is 25.1. The van der Waals surface area contributed by atoms with Crippen molar-refractivity contribution in [3.05, 3.63) is 35.9 Å². The number of nitrogens with zero attached hydrogens (tertiary/aromatic N) is 1. The number of carbonyl (C=O) groups excluding carboxylic acids is 2. The van der Waals surface area contributed by atoms with Crippen molar-refractivity contribution < 1.29 is 19.1 Å². The number of hydrogen-bond acceptors (Lipinski definition) is 4. The molecule has 5 heteroatoms. The van der Waals surface area contributed by atoms with Gasteiger partial charge >= 0.3 is 12.1 Å². The van der Waals surface area contributed by atoms with Crippen molar-refractivity contribution >= 4 is 12.1 Å². The molecule has 1 fully saturated rings. The van der Waals surface area contributed by atoms with Gasteiger partial charge in [-0.25, -0.2) is 4.79 Å². The number of methoxy groups -OCH3 is 1. The molecule has 0 saturated carbocycles. The van der Waals surface area contributed by atoms with Crippen LogP contribution in [-0.4, -0.2) is 36.7 Å². The van der Waals surface area contributed by atoms with E-state index in [0.29, 0.717) is 19.4 Å². The smallest absolute Gasteiger partial charge is 0.410 e. The van der Waals surface area contributed by atoms with Crippen molar-refractivity contribution in [2.75, 3.05) is 13.7 Å². The number of hydrogen-bond donors (Lipinski definition) is 0. The quantitative estimate of drug-likeness (QED) is 0.783. The van der Waals surface area contributed by atoms with Crippen LogP contribution < -0.4 is 0 Å². The van der Waals surface area contributed by atoms with Crippen LogP contribution in [0.3, 0.4) is 0 Å². The third-order valence-electron chi connectivity index (χ3n) is 3.73. The first kappa shape index (κ1) is 15.4. The summed E-state index contributed by atoms with van der Waals surface area (Å²) in [6.45, 7) is 0.972. The standard InChI is InChI=1S/C16H21NO4/c1-20-15(18)10-9-14-8-5-11-17(14)16(19)21-12-13-6-3-2-4-7-13/h2-4,6-7,14H,5,8-12H2,1H3. The van der Waals surface area contributed by atoms with Gasteiger partial charge in [0.05, 0.1) is 7.11 Å². The van der Waals surface area contributed by atoms with Gasteiger partial charge in [-0.1, -0.05) is 30.3 Å². The van der Waals surface area contributed by atoms with Gasteiger partial charge in [-0.05, 0) is 24.8 Å². The highest BCUT2D eigenvalue weighted by Gasteiger charge is 2.30. The van der Waals surface area contributed by atoms with Crippen LogP contribution in [0, 0.1) is 0 Å². The molecule has 1 atom stereocenters. The Kier molecular flexibility index (Phi) is 5.60. The molecule has 114 valence electrons. The first-order valence-electron chi connectivity index (χ1n) is 7.25. The SMILES string of the molecule is COC(=O)CCC1CCCN1C(=O)OCc1ccccc1. The molecule has 0 N–H and O–H groups in total. The van der Waals surface area contributed by atoms with Crippen LogP contribution >= 0.6 is 0 Å². The van der Waals surface area contributed by atoms with E-state index in [1.54, 1.807) is 4.90 Å². The monoisotopic (exact) mass is 291 g/mol. The minimum absolute atomic E-state index is 0.0763. The Morgan fingerprint density at radius 1 is 1.29 bits per heavy atom. The second-order valence-electron chi connectivity index (χ2n) is 5.14. The molecule has 1 aliphatic heterocycles. The Balaban J connectivity index is 1.81. The molecule has 1 unspecified atom stereocenters. The molecule has 1 aromatic carbocycles. The predicted molar refractivity (Wildman–Crippen MR) is 77.6 cm³/mol. The molecule has 1 amide bonds. The summed E-state index contributed by atoms with van der Waals surface area (Å²) in [7, 11) is 1.38. The number of esters is 1. The van der Waals surface area contributed by atoms with Gasteiger partial charge in [0.2, 0.25) is 0 Å². The van der Waals surface area contributed by atoms with Crippen molar-refractivity contribution in [1.82, 2.24) is 4.90 Å². The normalized spacial score (nSPS) is 17.6. The molecular formula is C16H21NO4. The lowest BCUT2D eigenvalue weighted by Gasteiger charge is -2.23. The molecule has 0 bridgehead atoms. The first-order valence-corrected chi connectivity index (χ1v) is 7.25. The van der Waals surface area contributed by atoms with Crippen molar-refractivity contribution in [2.24, 2.45) is 0 Å². The van der Waals surface area contributed by atoms with E-state index in [2.05, 4.69) is 4.74 Å². The fourth-order valence-corrected chi connectivity index (χ4v) is 2.56. The van der Waals surface area contributed by atoms with Crippen LogP contribution in [0.5, 0.6) is 0 Å². The number of carbonyl (C=O) groups is 2. The van der Waals surface area contributed by atoms with Crippen LogP contribution in [0.15, 0.2) is 30.3 Å². The number of likely N-dealkylation sites (tertiary alicyclic amines) is 1. The third kappa shape index (κ3) is 4.48. The molecule has 1 heterocycles. The lowest BCUT2D eigenvalue weighted by molar-refractivity contribution is -0.140. The minimum Gasteiger partial charge on any atom is -0.469 e. The van der Waals surface area contributed by atoms with E-state index in [-0.39, 0.29) is 24.7 Å². The number of rotatable bonds is 5. The second-order valence-corrected chi connectivity index (χ2v) is 5.14. The van der Waals surface area contributed by atoms with Gasteiger partial charge in [-0.3, -0.25) is 4.79 Å². The summed E-state index contributed by atoms with van der Waals surface area (Å²) >= 11 is 0. The summed E-state index contributed by atoms with van der Waals surface area (Å²) < 4.78 is 9.98. The molecule has 0 aliphatic carbocycles. The van der Waals surface area contributed by atoms with Crippen LogP contribution in [0.2, 0.25) is 0 Å². The van der Waals surface area contributed by atoms with Gasteiger partial charge < -0.3 is 14.4 Å². The fraction of sp³-hybridized carbons (Fsp3) is 0.500. The Hall–Kier alpha value is -2.04. The highest BCUT2D eigenvalue weighted by Crippen LogP contribution is 2.22. The van der Waals surface area contributed by atoms with Crippen molar-refractivity contribution in [3.8, 4) is 0 Å². The van der Waals surface area contributed by atoms with E-state index in [0.717, 1.165) is 18.4 Å². The molecule has 1 aliphatic rings. The number of amides is 1. The zero-order valence-corrected chi connectivity index (χ0v) is 12.3. The van der Waals surface area contributed by atoms with Gasteiger partial charge in [0.25, 0.3) is 0 Å². The average molecular weight is 291 g/mol. The Morgan fingerprint density at radius 3 is 2.76 bits per heavy atom. The molecule has 5 nitrogen and oxygen atoms in total. The van der Waals surface area contributed by atoms with E-state index in [1.807, 2.05) is 30.3 Å². The van der Waals surface area contributed by atoms with Crippen molar-refractivity contribution in [2.45, 2.75) is 38.3 Å². The molecule has 0 spiro atoms. The van der Waals surface area contributed by atoms with E-state index >= 15 is 0 Å². The van der Waals surface area contributed by atoms with Gasteiger partial charge in [0.1, 0.15) is 6.61 Å². The molecule has 0 radical (unpaired) electrons. The highest BCUT2D eigenvalue weighted by atomic mass is 16.6. The van der Waals surface area contributed by atoms with E-state index in [4.69, 9.17) is 4.74 Å². The molecule has 21 heavy (non-hydrogen) atoms. The van der Waals surface area contributed by atoms with Crippen LogP contribution in [0.4, 0.5) is 4.79 Å².